The summed E-state index contributed by atoms with van der Waals surface area (Å²) in [6.07, 6.45) is 1.50. The van der Waals surface area contributed by atoms with E-state index in [4.69, 9.17) is 23.1 Å². The molecular formula is C13H18ClN3O3S. The van der Waals surface area contributed by atoms with Crippen molar-refractivity contribution in [1.29, 1.82) is 0 Å². The lowest BCUT2D eigenvalue weighted by Gasteiger charge is -2.31. The predicted octanol–water partition coefficient (Wildman–Crippen LogP) is 1.20. The van der Waals surface area contributed by atoms with Crippen LogP contribution in [0.5, 0.6) is 0 Å². The number of piperidine rings is 1. The molecule has 21 heavy (non-hydrogen) atoms. The molecule has 1 fully saturated rings. The number of amides is 1. The third kappa shape index (κ3) is 3.48. The molecule has 1 amide bonds. The van der Waals surface area contributed by atoms with Crippen LogP contribution < -0.4 is 11.5 Å². The zero-order valence-electron chi connectivity index (χ0n) is 11.5. The van der Waals surface area contributed by atoms with Crippen molar-refractivity contribution in [2.75, 3.05) is 18.8 Å². The zero-order chi connectivity index (χ0) is 15.6. The third-order valence-corrected chi connectivity index (χ3v) is 6.10. The molecule has 1 aromatic carbocycles. The van der Waals surface area contributed by atoms with E-state index >= 15 is 0 Å². The summed E-state index contributed by atoms with van der Waals surface area (Å²) in [6.45, 7) is 0.676. The topological polar surface area (TPSA) is 106 Å². The molecule has 0 aromatic heterocycles. The van der Waals surface area contributed by atoms with Crippen LogP contribution in [0.3, 0.4) is 0 Å². The number of halogens is 1. The van der Waals surface area contributed by atoms with Gasteiger partial charge in [-0.2, -0.15) is 4.31 Å². The Kier molecular flexibility index (Phi) is 4.75. The minimum absolute atomic E-state index is 0.0417. The van der Waals surface area contributed by atoms with Gasteiger partial charge in [-0.25, -0.2) is 8.42 Å². The summed E-state index contributed by atoms with van der Waals surface area (Å²) in [6, 6.07) is 4.62. The van der Waals surface area contributed by atoms with Crippen molar-refractivity contribution in [2.45, 2.75) is 24.2 Å². The van der Waals surface area contributed by atoms with Gasteiger partial charge >= 0.3 is 0 Å². The van der Waals surface area contributed by atoms with Crippen LogP contribution in [0.2, 0.25) is 5.02 Å². The lowest BCUT2D eigenvalue weighted by atomic mass is 9.94. The highest BCUT2D eigenvalue weighted by Crippen LogP contribution is 2.32. The molecule has 0 bridgehead atoms. The first kappa shape index (κ1) is 16.1. The Morgan fingerprint density at radius 1 is 1.33 bits per heavy atom. The van der Waals surface area contributed by atoms with Gasteiger partial charge in [0.05, 0.1) is 10.7 Å². The highest BCUT2D eigenvalue weighted by molar-refractivity contribution is 7.89. The number of sulfonamides is 1. The van der Waals surface area contributed by atoms with Gasteiger partial charge in [0.25, 0.3) is 0 Å². The van der Waals surface area contributed by atoms with Gasteiger partial charge < -0.3 is 11.5 Å². The van der Waals surface area contributed by atoms with Crippen LogP contribution >= 0.6 is 11.6 Å². The molecule has 116 valence electrons. The minimum atomic E-state index is -3.72. The first-order valence-electron chi connectivity index (χ1n) is 6.65. The number of rotatable bonds is 4. The van der Waals surface area contributed by atoms with E-state index in [0.717, 1.165) is 0 Å². The lowest BCUT2D eigenvalue weighted by molar-refractivity contribution is -0.119. The third-order valence-electron chi connectivity index (χ3n) is 3.66. The number of nitrogen functional groups attached to an aromatic ring is 1. The average Bonchev–Trinajstić information content (AvgIpc) is 2.38. The Bertz CT molecular complexity index is 620. The fourth-order valence-electron chi connectivity index (χ4n) is 2.57. The van der Waals surface area contributed by atoms with Crippen molar-refractivity contribution in [3.8, 4) is 0 Å². The monoisotopic (exact) mass is 331 g/mol. The van der Waals surface area contributed by atoms with Gasteiger partial charge in [0.2, 0.25) is 15.9 Å². The summed E-state index contributed by atoms with van der Waals surface area (Å²) in [5, 5.41) is 0.120. The predicted molar refractivity (Wildman–Crippen MR) is 81.2 cm³/mol. The quantitative estimate of drug-likeness (QED) is 0.808. The Balaban J connectivity index is 2.17. The maximum absolute atomic E-state index is 12.6. The molecule has 6 nitrogen and oxygen atoms in total. The van der Waals surface area contributed by atoms with Crippen LogP contribution in [0.4, 0.5) is 5.69 Å². The van der Waals surface area contributed by atoms with Gasteiger partial charge in [-0.05, 0) is 30.9 Å². The van der Waals surface area contributed by atoms with Crippen molar-refractivity contribution in [3.63, 3.8) is 0 Å². The van der Waals surface area contributed by atoms with Gasteiger partial charge in [-0.15, -0.1) is 0 Å². The summed E-state index contributed by atoms with van der Waals surface area (Å²) in [5.41, 5.74) is 11.1. The number of anilines is 1. The number of primary amides is 1. The second-order valence-electron chi connectivity index (χ2n) is 5.18. The van der Waals surface area contributed by atoms with Crippen LogP contribution in [-0.2, 0) is 14.8 Å². The van der Waals surface area contributed by atoms with Gasteiger partial charge in [0.1, 0.15) is 4.90 Å². The van der Waals surface area contributed by atoms with Crippen LogP contribution in [0.15, 0.2) is 23.1 Å². The molecule has 0 radical (unpaired) electrons. The Labute approximate surface area is 129 Å². The van der Waals surface area contributed by atoms with Crippen molar-refractivity contribution in [3.05, 3.63) is 23.2 Å². The van der Waals surface area contributed by atoms with Crippen molar-refractivity contribution in [1.82, 2.24) is 4.31 Å². The molecule has 8 heteroatoms. The molecule has 1 saturated heterocycles. The van der Waals surface area contributed by atoms with Gasteiger partial charge in [0.15, 0.2) is 0 Å². The molecule has 0 saturated carbocycles. The van der Waals surface area contributed by atoms with Crippen molar-refractivity contribution < 1.29 is 13.2 Å². The minimum Gasteiger partial charge on any atom is -0.398 e. The summed E-state index contributed by atoms with van der Waals surface area (Å²) in [5.74, 6) is -0.218. The lowest BCUT2D eigenvalue weighted by Crippen LogP contribution is -2.39. The maximum Gasteiger partial charge on any atom is 0.246 e. The Morgan fingerprint density at radius 3 is 2.48 bits per heavy atom. The molecule has 0 spiro atoms. The van der Waals surface area contributed by atoms with Crippen LogP contribution in [0.25, 0.3) is 0 Å². The van der Waals surface area contributed by atoms with Gasteiger partial charge in [-0.1, -0.05) is 17.7 Å². The normalized spacial score (nSPS) is 17.8. The zero-order valence-corrected chi connectivity index (χ0v) is 13.0. The fraction of sp³-hybridized carbons (Fsp3) is 0.462. The molecular weight excluding hydrogens is 314 g/mol. The number of carbonyl (C=O) groups is 1. The smallest absolute Gasteiger partial charge is 0.246 e. The number of hydrogen-bond acceptors (Lipinski definition) is 4. The second-order valence-corrected chi connectivity index (χ2v) is 7.46. The van der Waals surface area contributed by atoms with Crippen molar-refractivity contribution >= 4 is 33.2 Å². The maximum atomic E-state index is 12.6. The van der Waals surface area contributed by atoms with E-state index < -0.39 is 10.0 Å². The van der Waals surface area contributed by atoms with Crippen LogP contribution in [0.1, 0.15) is 19.3 Å². The van der Waals surface area contributed by atoms with E-state index in [9.17, 15) is 13.2 Å². The molecule has 2 rings (SSSR count). The SMILES string of the molecule is NC(=O)CC1CCN(S(=O)(=O)c2c(N)cccc2Cl)CC1. The molecule has 0 aliphatic carbocycles. The van der Waals surface area contributed by atoms with Crippen molar-refractivity contribution in [2.24, 2.45) is 11.7 Å². The highest BCUT2D eigenvalue weighted by atomic mass is 35.5. The Morgan fingerprint density at radius 2 is 1.95 bits per heavy atom. The van der Waals surface area contributed by atoms with E-state index in [-0.39, 0.29) is 27.4 Å². The molecule has 4 N–H and O–H groups in total. The van der Waals surface area contributed by atoms with Crippen LogP contribution in [-0.4, -0.2) is 31.7 Å². The van der Waals surface area contributed by atoms with E-state index in [0.29, 0.717) is 32.4 Å². The van der Waals surface area contributed by atoms with Gasteiger partial charge in [-0.3, -0.25) is 4.79 Å². The average molecular weight is 332 g/mol. The number of nitrogens with two attached hydrogens (primary N) is 2. The highest BCUT2D eigenvalue weighted by Gasteiger charge is 2.32. The molecule has 1 heterocycles. The summed E-state index contributed by atoms with van der Waals surface area (Å²) >= 11 is 5.98. The first-order valence-corrected chi connectivity index (χ1v) is 8.46. The van der Waals surface area contributed by atoms with E-state index in [1.807, 2.05) is 0 Å². The number of benzene rings is 1. The molecule has 0 unspecified atom stereocenters. The molecule has 0 atom stereocenters. The summed E-state index contributed by atoms with van der Waals surface area (Å²) in [4.78, 5) is 10.9. The standard InChI is InChI=1S/C13H18ClN3O3S/c14-10-2-1-3-11(15)13(10)21(19,20)17-6-4-9(5-7-17)8-12(16)18/h1-3,9H,4-8,15H2,(H2,16,18). The van der Waals surface area contributed by atoms with E-state index in [1.54, 1.807) is 6.07 Å². The molecule has 1 aliphatic rings. The number of nitrogens with zero attached hydrogens (tertiary/aromatic N) is 1. The summed E-state index contributed by atoms with van der Waals surface area (Å²) < 4.78 is 26.6. The van der Waals surface area contributed by atoms with Crippen LogP contribution in [0, 0.1) is 5.92 Å². The Hall–Kier alpha value is -1.31. The largest absolute Gasteiger partial charge is 0.398 e. The van der Waals surface area contributed by atoms with E-state index in [2.05, 4.69) is 0 Å². The molecule has 1 aromatic rings. The summed E-state index contributed by atoms with van der Waals surface area (Å²) in [7, 11) is -3.72. The molecule has 1 aliphatic heterocycles. The number of carbonyl (C=O) groups excluding carboxylic acids is 1. The van der Waals surface area contributed by atoms with Gasteiger partial charge in [0, 0.05) is 19.5 Å². The second kappa shape index (κ2) is 6.21. The number of hydrogen-bond donors (Lipinski definition) is 2. The first-order chi connectivity index (χ1) is 9.82. The van der Waals surface area contributed by atoms with E-state index in [1.165, 1.54) is 16.4 Å². The fourth-order valence-corrected chi connectivity index (χ4v) is 4.67.